The summed E-state index contributed by atoms with van der Waals surface area (Å²) in [6.07, 6.45) is -2.87. The molecule has 6 nitrogen and oxygen atoms in total. The molecule has 1 fully saturated rings. The Morgan fingerprint density at radius 2 is 2.18 bits per heavy atom. The number of nitrogens with zero attached hydrogens (tertiary/aromatic N) is 4. The van der Waals surface area contributed by atoms with Crippen LogP contribution < -0.4 is 5.73 Å². The van der Waals surface area contributed by atoms with Gasteiger partial charge in [0.05, 0.1) is 18.7 Å². The van der Waals surface area contributed by atoms with Gasteiger partial charge in [-0.3, -0.25) is 9.48 Å². The SMILES string of the molecule is CC1(C)CN(C(=O)c2cn(CCN)nn2)CCC1C(F)(F)F. The van der Waals surface area contributed by atoms with Gasteiger partial charge in [-0.25, -0.2) is 0 Å². The first-order valence-electron chi connectivity index (χ1n) is 7.11. The molecule has 1 saturated heterocycles. The van der Waals surface area contributed by atoms with Crippen molar-refractivity contribution in [2.45, 2.75) is 33.0 Å². The van der Waals surface area contributed by atoms with Crippen LogP contribution in [0.25, 0.3) is 0 Å². The highest BCUT2D eigenvalue weighted by molar-refractivity contribution is 5.92. The number of alkyl halides is 3. The van der Waals surface area contributed by atoms with Crippen molar-refractivity contribution in [1.82, 2.24) is 19.9 Å². The molecule has 0 aliphatic carbocycles. The van der Waals surface area contributed by atoms with E-state index in [-0.39, 0.29) is 25.2 Å². The van der Waals surface area contributed by atoms with Crippen LogP contribution in [0.1, 0.15) is 30.8 Å². The van der Waals surface area contributed by atoms with E-state index >= 15 is 0 Å². The van der Waals surface area contributed by atoms with Gasteiger partial charge in [0.25, 0.3) is 5.91 Å². The molecule has 2 N–H and O–H groups in total. The lowest BCUT2D eigenvalue weighted by Crippen LogP contribution is -2.52. The van der Waals surface area contributed by atoms with Crippen molar-refractivity contribution in [2.24, 2.45) is 17.1 Å². The maximum Gasteiger partial charge on any atom is 0.392 e. The van der Waals surface area contributed by atoms with Crippen LogP contribution in [0.15, 0.2) is 6.20 Å². The molecule has 2 heterocycles. The van der Waals surface area contributed by atoms with Crippen LogP contribution >= 0.6 is 0 Å². The van der Waals surface area contributed by atoms with Crippen molar-refractivity contribution in [3.05, 3.63) is 11.9 Å². The largest absolute Gasteiger partial charge is 0.392 e. The Balaban J connectivity index is 2.09. The average molecular weight is 319 g/mol. The quantitative estimate of drug-likeness (QED) is 0.911. The highest BCUT2D eigenvalue weighted by atomic mass is 19.4. The molecule has 124 valence electrons. The Labute approximate surface area is 126 Å². The fraction of sp³-hybridized carbons (Fsp3) is 0.769. The van der Waals surface area contributed by atoms with Crippen LogP contribution in [-0.4, -0.2) is 51.6 Å². The molecule has 1 unspecified atom stereocenters. The lowest BCUT2D eigenvalue weighted by atomic mass is 9.73. The lowest BCUT2D eigenvalue weighted by Gasteiger charge is -2.44. The van der Waals surface area contributed by atoms with Crippen LogP contribution in [0.3, 0.4) is 0 Å². The minimum Gasteiger partial charge on any atom is -0.337 e. The highest BCUT2D eigenvalue weighted by Crippen LogP contribution is 2.45. The number of carbonyl (C=O) groups is 1. The smallest absolute Gasteiger partial charge is 0.337 e. The predicted molar refractivity (Wildman–Crippen MR) is 72.9 cm³/mol. The molecule has 1 aromatic rings. The van der Waals surface area contributed by atoms with Crippen LogP contribution in [0, 0.1) is 11.3 Å². The number of likely N-dealkylation sites (tertiary alicyclic amines) is 1. The summed E-state index contributed by atoms with van der Waals surface area (Å²) in [6.45, 7) is 3.98. The summed E-state index contributed by atoms with van der Waals surface area (Å²) in [7, 11) is 0. The summed E-state index contributed by atoms with van der Waals surface area (Å²) in [6, 6.07) is 0. The van der Waals surface area contributed by atoms with Crippen molar-refractivity contribution in [3.63, 3.8) is 0 Å². The zero-order valence-corrected chi connectivity index (χ0v) is 12.6. The molecule has 1 aromatic heterocycles. The molecule has 22 heavy (non-hydrogen) atoms. The Bertz CT molecular complexity index is 540. The van der Waals surface area contributed by atoms with Gasteiger partial charge < -0.3 is 10.6 Å². The monoisotopic (exact) mass is 319 g/mol. The number of carbonyl (C=O) groups excluding carboxylic acids is 1. The van der Waals surface area contributed by atoms with E-state index in [4.69, 9.17) is 5.73 Å². The van der Waals surface area contributed by atoms with Gasteiger partial charge in [0.1, 0.15) is 0 Å². The third kappa shape index (κ3) is 3.40. The number of rotatable bonds is 3. The molecule has 9 heteroatoms. The van der Waals surface area contributed by atoms with E-state index in [1.54, 1.807) is 0 Å². The van der Waals surface area contributed by atoms with Crippen molar-refractivity contribution in [2.75, 3.05) is 19.6 Å². The van der Waals surface area contributed by atoms with Crippen molar-refractivity contribution in [1.29, 1.82) is 0 Å². The molecular weight excluding hydrogens is 299 g/mol. The predicted octanol–water partition coefficient (Wildman–Crippen LogP) is 1.29. The van der Waals surface area contributed by atoms with Crippen molar-refractivity contribution >= 4 is 5.91 Å². The van der Waals surface area contributed by atoms with Gasteiger partial charge in [0, 0.05) is 19.6 Å². The van der Waals surface area contributed by atoms with E-state index < -0.39 is 23.4 Å². The van der Waals surface area contributed by atoms with Gasteiger partial charge in [0.2, 0.25) is 0 Å². The number of hydrogen-bond donors (Lipinski definition) is 1. The summed E-state index contributed by atoms with van der Waals surface area (Å²) < 4.78 is 40.6. The maximum atomic E-state index is 13.0. The molecule has 0 bridgehead atoms. The molecule has 0 aromatic carbocycles. The molecular formula is C13H20F3N5O. The highest BCUT2D eigenvalue weighted by Gasteiger charge is 2.51. The normalized spacial score (nSPS) is 21.9. The van der Waals surface area contributed by atoms with Gasteiger partial charge >= 0.3 is 6.18 Å². The fourth-order valence-electron chi connectivity index (χ4n) is 2.94. The first kappa shape index (κ1) is 16.7. The molecule has 0 saturated carbocycles. The molecule has 1 amide bonds. The second-order valence-corrected chi connectivity index (χ2v) is 6.25. The number of nitrogens with two attached hydrogens (primary N) is 1. The van der Waals surface area contributed by atoms with Gasteiger partial charge in [-0.15, -0.1) is 5.10 Å². The standard InChI is InChI=1S/C13H20F3N5O/c1-12(2)8-20(5-3-10(12)13(14,15)16)11(22)9-7-21(6-4-17)19-18-9/h7,10H,3-6,8,17H2,1-2H3. The average Bonchev–Trinajstić information content (AvgIpc) is 2.84. The Hall–Kier alpha value is -1.64. The third-order valence-corrected chi connectivity index (χ3v) is 4.03. The van der Waals surface area contributed by atoms with Crippen molar-refractivity contribution in [3.8, 4) is 0 Å². The summed E-state index contributed by atoms with van der Waals surface area (Å²) in [5, 5.41) is 7.54. The molecule has 1 atom stereocenters. The number of amides is 1. The Morgan fingerprint density at radius 3 is 2.73 bits per heavy atom. The second kappa shape index (κ2) is 5.86. The van der Waals surface area contributed by atoms with E-state index in [1.165, 1.54) is 29.6 Å². The zero-order chi connectivity index (χ0) is 16.5. The third-order valence-electron chi connectivity index (χ3n) is 4.03. The minimum absolute atomic E-state index is 0.0414. The lowest BCUT2D eigenvalue weighted by molar-refractivity contribution is -0.214. The summed E-state index contributed by atoms with van der Waals surface area (Å²) in [5.74, 6) is -1.80. The van der Waals surface area contributed by atoms with Crippen molar-refractivity contribution < 1.29 is 18.0 Å². The van der Waals surface area contributed by atoms with Crippen LogP contribution in [-0.2, 0) is 6.54 Å². The molecule has 0 radical (unpaired) electrons. The summed E-state index contributed by atoms with van der Waals surface area (Å²) in [5.41, 5.74) is 4.50. The summed E-state index contributed by atoms with van der Waals surface area (Å²) in [4.78, 5) is 13.8. The van der Waals surface area contributed by atoms with E-state index in [0.717, 1.165) is 0 Å². The maximum absolute atomic E-state index is 13.0. The Morgan fingerprint density at radius 1 is 1.50 bits per heavy atom. The van der Waals surface area contributed by atoms with E-state index in [1.807, 2.05) is 0 Å². The topological polar surface area (TPSA) is 77.0 Å². The van der Waals surface area contributed by atoms with Crippen LogP contribution in [0.2, 0.25) is 0 Å². The van der Waals surface area contributed by atoms with Gasteiger partial charge in [-0.1, -0.05) is 19.1 Å². The number of halogens is 3. The van der Waals surface area contributed by atoms with Crippen LogP contribution in [0.5, 0.6) is 0 Å². The van der Waals surface area contributed by atoms with Gasteiger partial charge in [0.15, 0.2) is 5.69 Å². The fourth-order valence-corrected chi connectivity index (χ4v) is 2.94. The van der Waals surface area contributed by atoms with E-state index in [9.17, 15) is 18.0 Å². The van der Waals surface area contributed by atoms with Gasteiger partial charge in [-0.2, -0.15) is 13.2 Å². The molecule has 1 aliphatic heterocycles. The summed E-state index contributed by atoms with van der Waals surface area (Å²) >= 11 is 0. The van der Waals surface area contributed by atoms with E-state index in [2.05, 4.69) is 10.3 Å². The number of piperidine rings is 1. The van der Waals surface area contributed by atoms with Crippen LogP contribution in [0.4, 0.5) is 13.2 Å². The first-order valence-corrected chi connectivity index (χ1v) is 7.11. The second-order valence-electron chi connectivity index (χ2n) is 6.25. The minimum atomic E-state index is -4.25. The molecule has 1 aliphatic rings. The Kier molecular flexibility index (Phi) is 4.46. The van der Waals surface area contributed by atoms with Gasteiger partial charge in [-0.05, 0) is 11.8 Å². The first-order chi connectivity index (χ1) is 10.1. The zero-order valence-electron chi connectivity index (χ0n) is 12.6. The molecule has 2 rings (SSSR count). The number of hydrogen-bond acceptors (Lipinski definition) is 4. The van der Waals surface area contributed by atoms with E-state index in [0.29, 0.717) is 13.1 Å². The number of aromatic nitrogens is 3. The molecule has 0 spiro atoms.